The molecule has 0 aliphatic carbocycles. The van der Waals surface area contributed by atoms with Gasteiger partial charge < -0.3 is 9.80 Å². The Morgan fingerprint density at radius 2 is 1.67 bits per heavy atom. The van der Waals surface area contributed by atoms with Gasteiger partial charge in [-0.3, -0.25) is 14.5 Å². The van der Waals surface area contributed by atoms with Gasteiger partial charge in [-0.05, 0) is 25.9 Å². The molecule has 0 unspecified atom stereocenters. The van der Waals surface area contributed by atoms with Gasteiger partial charge in [0.2, 0.25) is 11.8 Å². The molecule has 0 saturated carbocycles. The second-order valence-electron chi connectivity index (χ2n) is 5.65. The molecule has 0 aromatic heterocycles. The third-order valence-corrected chi connectivity index (χ3v) is 3.59. The lowest BCUT2D eigenvalue weighted by atomic mass is 9.95. The lowest BCUT2D eigenvalue weighted by Gasteiger charge is -2.33. The number of alkyl halides is 3. The number of nitrogens with zero attached hydrogens (tertiary/aromatic N) is 3. The Morgan fingerprint density at radius 1 is 1.14 bits per heavy atom. The minimum atomic E-state index is -4.20. The molecule has 21 heavy (non-hydrogen) atoms. The number of hydrogen-bond donors (Lipinski definition) is 0. The molecule has 5 nitrogen and oxygen atoms in total. The summed E-state index contributed by atoms with van der Waals surface area (Å²) in [4.78, 5) is 27.8. The SMILES string of the molecule is CN(C)C(=O)CN(C)C(=O)C1CCN(CC(F)(F)F)CC1. The third kappa shape index (κ3) is 5.91. The summed E-state index contributed by atoms with van der Waals surface area (Å²) in [7, 11) is 4.76. The fourth-order valence-electron chi connectivity index (χ4n) is 2.33. The van der Waals surface area contributed by atoms with E-state index in [0.29, 0.717) is 12.8 Å². The van der Waals surface area contributed by atoms with Crippen molar-refractivity contribution in [3.63, 3.8) is 0 Å². The van der Waals surface area contributed by atoms with Gasteiger partial charge in [0, 0.05) is 27.1 Å². The average Bonchev–Trinajstić information content (AvgIpc) is 2.36. The molecular formula is C13H22F3N3O2. The number of amides is 2. The van der Waals surface area contributed by atoms with E-state index in [0.717, 1.165) is 0 Å². The molecule has 0 bridgehead atoms. The van der Waals surface area contributed by atoms with Crippen LogP contribution in [0.25, 0.3) is 0 Å². The van der Waals surface area contributed by atoms with Crippen LogP contribution in [-0.4, -0.2) is 80.0 Å². The smallest absolute Gasteiger partial charge is 0.347 e. The van der Waals surface area contributed by atoms with Crippen LogP contribution >= 0.6 is 0 Å². The van der Waals surface area contributed by atoms with Crippen molar-refractivity contribution in [3.8, 4) is 0 Å². The molecule has 0 aromatic carbocycles. The average molecular weight is 309 g/mol. The highest BCUT2D eigenvalue weighted by atomic mass is 19.4. The predicted octanol–water partition coefficient (Wildman–Crippen LogP) is 0.807. The Morgan fingerprint density at radius 3 is 2.10 bits per heavy atom. The van der Waals surface area contributed by atoms with Crippen molar-refractivity contribution in [2.24, 2.45) is 5.92 Å². The van der Waals surface area contributed by atoms with Crippen LogP contribution in [0.2, 0.25) is 0 Å². The van der Waals surface area contributed by atoms with Crippen molar-refractivity contribution >= 4 is 11.8 Å². The fraction of sp³-hybridized carbons (Fsp3) is 0.846. The van der Waals surface area contributed by atoms with Crippen LogP contribution in [0.5, 0.6) is 0 Å². The third-order valence-electron chi connectivity index (χ3n) is 3.59. The Hall–Kier alpha value is -1.31. The largest absolute Gasteiger partial charge is 0.401 e. The standard InChI is InChI=1S/C13H22F3N3O2/c1-17(2)11(20)8-18(3)12(21)10-4-6-19(7-5-10)9-13(14,15)16/h10H,4-9H2,1-3H3. The molecule has 1 heterocycles. The maximum atomic E-state index is 12.3. The molecule has 1 aliphatic rings. The minimum Gasteiger partial charge on any atom is -0.347 e. The van der Waals surface area contributed by atoms with E-state index >= 15 is 0 Å². The number of halogens is 3. The lowest BCUT2D eigenvalue weighted by molar-refractivity contribution is -0.151. The molecule has 1 saturated heterocycles. The maximum Gasteiger partial charge on any atom is 0.401 e. The molecule has 1 aliphatic heterocycles. The number of carbonyl (C=O) groups is 2. The van der Waals surface area contributed by atoms with Crippen LogP contribution in [0.1, 0.15) is 12.8 Å². The van der Waals surface area contributed by atoms with Crippen LogP contribution in [0.4, 0.5) is 13.2 Å². The van der Waals surface area contributed by atoms with Gasteiger partial charge in [0.15, 0.2) is 0 Å². The first-order valence-corrected chi connectivity index (χ1v) is 6.84. The number of carbonyl (C=O) groups excluding carboxylic acids is 2. The molecule has 1 rings (SSSR count). The molecule has 0 atom stereocenters. The van der Waals surface area contributed by atoms with Gasteiger partial charge in [-0.25, -0.2) is 0 Å². The molecular weight excluding hydrogens is 287 g/mol. The highest BCUT2D eigenvalue weighted by Gasteiger charge is 2.34. The zero-order chi connectivity index (χ0) is 16.2. The highest BCUT2D eigenvalue weighted by molar-refractivity contribution is 5.85. The normalized spacial score (nSPS) is 17.6. The molecule has 0 aromatic rings. The lowest BCUT2D eigenvalue weighted by Crippen LogP contribution is -2.46. The van der Waals surface area contributed by atoms with Gasteiger partial charge in [0.25, 0.3) is 0 Å². The second-order valence-corrected chi connectivity index (χ2v) is 5.65. The summed E-state index contributed by atoms with van der Waals surface area (Å²) in [5, 5.41) is 0. The fourth-order valence-corrected chi connectivity index (χ4v) is 2.33. The van der Waals surface area contributed by atoms with Crippen molar-refractivity contribution in [1.82, 2.24) is 14.7 Å². The summed E-state index contributed by atoms with van der Waals surface area (Å²) in [5.74, 6) is -0.647. The molecule has 2 amide bonds. The van der Waals surface area contributed by atoms with Crippen LogP contribution < -0.4 is 0 Å². The van der Waals surface area contributed by atoms with Gasteiger partial charge in [0.1, 0.15) is 0 Å². The summed E-state index contributed by atoms with van der Waals surface area (Å²) >= 11 is 0. The monoisotopic (exact) mass is 309 g/mol. The first-order chi connectivity index (χ1) is 9.60. The Balaban J connectivity index is 2.43. The Kier molecular flexibility index (Phi) is 6.00. The highest BCUT2D eigenvalue weighted by Crippen LogP contribution is 2.23. The second kappa shape index (κ2) is 7.11. The van der Waals surface area contributed by atoms with Crippen LogP contribution in [0.15, 0.2) is 0 Å². The number of likely N-dealkylation sites (tertiary alicyclic amines) is 1. The van der Waals surface area contributed by atoms with E-state index in [1.165, 1.54) is 14.7 Å². The predicted molar refractivity (Wildman–Crippen MR) is 71.6 cm³/mol. The molecule has 122 valence electrons. The first kappa shape index (κ1) is 17.7. The van der Waals surface area contributed by atoms with E-state index < -0.39 is 12.7 Å². The number of rotatable bonds is 4. The van der Waals surface area contributed by atoms with E-state index in [2.05, 4.69) is 0 Å². The Bertz CT molecular complexity index is 377. The van der Waals surface area contributed by atoms with Gasteiger partial charge in [0.05, 0.1) is 13.1 Å². The summed E-state index contributed by atoms with van der Waals surface area (Å²) in [6.07, 6.45) is -3.41. The van der Waals surface area contributed by atoms with Gasteiger partial charge in [-0.15, -0.1) is 0 Å². The van der Waals surface area contributed by atoms with E-state index in [1.807, 2.05) is 0 Å². The Labute approximate surface area is 122 Å². The zero-order valence-electron chi connectivity index (χ0n) is 12.6. The molecule has 8 heteroatoms. The quantitative estimate of drug-likeness (QED) is 0.772. The molecule has 0 N–H and O–H groups in total. The summed E-state index contributed by atoms with van der Waals surface area (Å²) in [6.45, 7) is -0.422. The van der Waals surface area contributed by atoms with Crippen molar-refractivity contribution in [2.45, 2.75) is 19.0 Å². The zero-order valence-corrected chi connectivity index (χ0v) is 12.6. The van der Waals surface area contributed by atoms with Crippen LogP contribution in [-0.2, 0) is 9.59 Å². The van der Waals surface area contributed by atoms with Crippen molar-refractivity contribution < 1.29 is 22.8 Å². The summed E-state index contributed by atoms with van der Waals surface area (Å²) in [5.41, 5.74) is 0. The van der Waals surface area contributed by atoms with Gasteiger partial charge in [-0.2, -0.15) is 13.2 Å². The number of piperidine rings is 1. The van der Waals surface area contributed by atoms with E-state index in [4.69, 9.17) is 0 Å². The van der Waals surface area contributed by atoms with Gasteiger partial charge in [-0.1, -0.05) is 0 Å². The molecule has 1 fully saturated rings. The molecule has 0 radical (unpaired) electrons. The summed E-state index contributed by atoms with van der Waals surface area (Å²) in [6, 6.07) is 0. The number of likely N-dealkylation sites (N-methyl/N-ethyl adjacent to an activating group) is 2. The first-order valence-electron chi connectivity index (χ1n) is 6.84. The van der Waals surface area contributed by atoms with E-state index in [1.54, 1.807) is 21.1 Å². The van der Waals surface area contributed by atoms with Crippen molar-refractivity contribution in [2.75, 3.05) is 47.3 Å². The van der Waals surface area contributed by atoms with E-state index in [9.17, 15) is 22.8 Å². The van der Waals surface area contributed by atoms with Crippen molar-refractivity contribution in [1.29, 1.82) is 0 Å². The topological polar surface area (TPSA) is 43.9 Å². The van der Waals surface area contributed by atoms with Gasteiger partial charge >= 0.3 is 6.18 Å². The number of hydrogen-bond acceptors (Lipinski definition) is 3. The minimum absolute atomic E-state index is 0.00536. The maximum absolute atomic E-state index is 12.3. The van der Waals surface area contributed by atoms with Crippen molar-refractivity contribution in [3.05, 3.63) is 0 Å². The molecule has 0 spiro atoms. The summed E-state index contributed by atoms with van der Waals surface area (Å²) < 4.78 is 36.9. The van der Waals surface area contributed by atoms with E-state index in [-0.39, 0.29) is 37.4 Å². The van der Waals surface area contributed by atoms with Crippen LogP contribution in [0.3, 0.4) is 0 Å². The van der Waals surface area contributed by atoms with Crippen LogP contribution in [0, 0.1) is 5.92 Å².